The first-order valence-corrected chi connectivity index (χ1v) is 3.11. The molecule has 2 unspecified atom stereocenters. The predicted molar refractivity (Wildman–Crippen MR) is 44.6 cm³/mol. The molecule has 0 aliphatic carbocycles. The summed E-state index contributed by atoms with van der Waals surface area (Å²) >= 11 is 3.29. The molecule has 1 nitrogen and oxygen atoms in total. The van der Waals surface area contributed by atoms with Crippen LogP contribution in [0.2, 0.25) is 0 Å². The van der Waals surface area contributed by atoms with Crippen molar-refractivity contribution in [3.63, 3.8) is 0 Å². The number of hydrogen-bond acceptors (Lipinski definition) is 1. The molecule has 0 saturated carbocycles. The second kappa shape index (κ2) is 3.92. The summed E-state index contributed by atoms with van der Waals surface area (Å²) in [7, 11) is 0. The first-order chi connectivity index (χ1) is 2.94. The summed E-state index contributed by atoms with van der Waals surface area (Å²) in [6.07, 6.45) is -0.285. The Morgan fingerprint density at radius 2 is 1.62 bits per heavy atom. The van der Waals surface area contributed by atoms with E-state index in [1.807, 2.05) is 13.8 Å². The first kappa shape index (κ1) is 11.8. The Kier molecular flexibility index (Phi) is 5.76. The van der Waals surface area contributed by atoms with E-state index in [0.717, 1.165) is 0 Å². The number of aliphatic hydroxyl groups excluding tert-OH is 1. The van der Waals surface area contributed by atoms with Crippen LogP contribution >= 0.6 is 15.9 Å². The van der Waals surface area contributed by atoms with Gasteiger partial charge in [-0.1, -0.05) is 15.9 Å². The third-order valence-corrected chi connectivity index (χ3v) is 1.66. The summed E-state index contributed by atoms with van der Waals surface area (Å²) in [6.45, 7) is 5.62. The Morgan fingerprint density at radius 1 is 1.50 bits per heavy atom. The molecular formula is C5H14AsBrO. The summed E-state index contributed by atoms with van der Waals surface area (Å²) in [5.41, 5.74) is 0. The molecule has 0 aliphatic heterocycles. The second-order valence-electron chi connectivity index (χ2n) is 2.24. The van der Waals surface area contributed by atoms with Crippen LogP contribution in [0.4, 0.5) is 0 Å². The van der Waals surface area contributed by atoms with Crippen molar-refractivity contribution in [1.82, 2.24) is 0 Å². The van der Waals surface area contributed by atoms with Gasteiger partial charge in [0, 0.05) is 4.32 Å². The molecule has 0 radical (unpaired) electrons. The minimum absolute atomic E-state index is 0. The zero-order chi connectivity index (χ0) is 6.08. The summed E-state index contributed by atoms with van der Waals surface area (Å²) in [5.74, 6) is 0. The van der Waals surface area contributed by atoms with Gasteiger partial charge in [-0.2, -0.15) is 0 Å². The van der Waals surface area contributed by atoms with Crippen LogP contribution in [0.3, 0.4) is 0 Å². The van der Waals surface area contributed by atoms with Crippen molar-refractivity contribution in [2.75, 3.05) is 0 Å². The van der Waals surface area contributed by atoms with Crippen LogP contribution in [-0.4, -0.2) is 33.5 Å². The zero-order valence-corrected chi connectivity index (χ0v) is 10.2. The van der Waals surface area contributed by atoms with Crippen LogP contribution in [0, 0.1) is 0 Å². The van der Waals surface area contributed by atoms with Gasteiger partial charge >= 0.3 is 18.0 Å². The van der Waals surface area contributed by atoms with Crippen LogP contribution in [0.1, 0.15) is 20.8 Å². The fraction of sp³-hybridized carbons (Fsp3) is 1.00. The molecule has 0 amide bonds. The molecule has 0 heterocycles. The van der Waals surface area contributed by atoms with Gasteiger partial charge in [0.1, 0.15) is 0 Å². The fourth-order valence-electron chi connectivity index (χ4n) is 0. The molecule has 3 heteroatoms. The van der Waals surface area contributed by atoms with Gasteiger partial charge < -0.3 is 5.11 Å². The number of alkyl halides is 1. The SMILES string of the molecule is CC(O)C(C)(C)Br.[AsH3]. The van der Waals surface area contributed by atoms with E-state index < -0.39 is 0 Å². The average molecular weight is 245 g/mol. The third kappa shape index (κ3) is 5.14. The molecule has 0 aliphatic rings. The van der Waals surface area contributed by atoms with Gasteiger partial charge in [0.15, 0.2) is 0 Å². The van der Waals surface area contributed by atoms with E-state index in [-0.39, 0.29) is 28.4 Å². The molecule has 1 N–H and O–H groups in total. The molecule has 52 valence electrons. The van der Waals surface area contributed by atoms with E-state index in [2.05, 4.69) is 15.9 Å². The van der Waals surface area contributed by atoms with Crippen molar-refractivity contribution in [2.24, 2.45) is 0 Å². The minimum atomic E-state index is -0.285. The molecular weight excluding hydrogens is 231 g/mol. The van der Waals surface area contributed by atoms with Crippen molar-refractivity contribution < 1.29 is 5.11 Å². The van der Waals surface area contributed by atoms with Crippen LogP contribution in [-0.2, 0) is 0 Å². The van der Waals surface area contributed by atoms with Crippen molar-refractivity contribution in [3.8, 4) is 0 Å². The molecule has 0 rings (SSSR count). The Bertz CT molecular complexity index is 57.9. The monoisotopic (exact) mass is 244 g/mol. The summed E-state index contributed by atoms with van der Waals surface area (Å²) < 4.78 is -0.132. The van der Waals surface area contributed by atoms with Crippen LogP contribution in [0.15, 0.2) is 0 Å². The predicted octanol–water partition coefficient (Wildman–Crippen LogP) is 0.357. The normalized spacial score (nSPS) is 14.6. The molecule has 2 atom stereocenters. The van der Waals surface area contributed by atoms with Gasteiger partial charge in [0.25, 0.3) is 0 Å². The van der Waals surface area contributed by atoms with Crippen LogP contribution in [0.5, 0.6) is 0 Å². The van der Waals surface area contributed by atoms with Gasteiger partial charge in [-0.05, 0) is 20.8 Å². The van der Waals surface area contributed by atoms with E-state index in [1.54, 1.807) is 6.92 Å². The Balaban J connectivity index is 0. The number of halogens is 1. The maximum atomic E-state index is 8.84. The average Bonchev–Trinajstić information content (AvgIpc) is 1.31. The van der Waals surface area contributed by atoms with E-state index >= 15 is 0 Å². The number of hydrogen-bond donors (Lipinski definition) is 1. The fourth-order valence-corrected chi connectivity index (χ4v) is 0. The van der Waals surface area contributed by atoms with E-state index in [9.17, 15) is 0 Å². The van der Waals surface area contributed by atoms with Gasteiger partial charge in [0.2, 0.25) is 0 Å². The van der Waals surface area contributed by atoms with Crippen molar-refractivity contribution in [2.45, 2.75) is 31.2 Å². The summed E-state index contributed by atoms with van der Waals surface area (Å²) in [6, 6.07) is 0. The molecule has 8 heavy (non-hydrogen) atoms. The zero-order valence-electron chi connectivity index (χ0n) is 5.61. The first-order valence-electron chi connectivity index (χ1n) is 2.31. The van der Waals surface area contributed by atoms with Gasteiger partial charge in [0.05, 0.1) is 6.10 Å². The van der Waals surface area contributed by atoms with Crippen LogP contribution < -0.4 is 0 Å². The molecule has 0 aromatic rings. The van der Waals surface area contributed by atoms with Crippen molar-refractivity contribution >= 4 is 33.9 Å². The summed E-state index contributed by atoms with van der Waals surface area (Å²) in [4.78, 5) is 0. The maximum absolute atomic E-state index is 8.84. The van der Waals surface area contributed by atoms with E-state index in [4.69, 9.17) is 5.11 Å². The van der Waals surface area contributed by atoms with Gasteiger partial charge in [-0.15, -0.1) is 0 Å². The van der Waals surface area contributed by atoms with Crippen molar-refractivity contribution in [3.05, 3.63) is 0 Å². The van der Waals surface area contributed by atoms with E-state index in [1.165, 1.54) is 0 Å². The topological polar surface area (TPSA) is 20.2 Å². The number of aliphatic hydroxyl groups is 1. The van der Waals surface area contributed by atoms with Gasteiger partial charge in [-0.3, -0.25) is 0 Å². The summed E-state index contributed by atoms with van der Waals surface area (Å²) in [5, 5.41) is 8.84. The molecule has 0 spiro atoms. The molecule has 0 bridgehead atoms. The Labute approximate surface area is 70.3 Å². The molecule has 0 saturated heterocycles. The second-order valence-corrected chi connectivity index (χ2v) is 4.28. The number of rotatable bonds is 1. The Hall–Kier alpha value is 0.998. The standard InChI is InChI=1S/C5H11BrO.AsH3/c1-4(7)5(2,3)6;/h4,7H,1-3H3;1H3. The van der Waals surface area contributed by atoms with Crippen LogP contribution in [0.25, 0.3) is 0 Å². The molecule has 0 aromatic carbocycles. The molecule has 0 fully saturated rings. The third-order valence-electron chi connectivity index (χ3n) is 0.993. The molecule has 0 aromatic heterocycles. The van der Waals surface area contributed by atoms with E-state index in [0.29, 0.717) is 0 Å². The van der Waals surface area contributed by atoms with Crippen molar-refractivity contribution in [1.29, 1.82) is 0 Å². The Morgan fingerprint density at radius 3 is 1.62 bits per heavy atom. The quantitative estimate of drug-likeness (QED) is 0.522. The van der Waals surface area contributed by atoms with Gasteiger partial charge in [-0.25, -0.2) is 0 Å².